The van der Waals surface area contributed by atoms with E-state index in [1.54, 1.807) is 24.9 Å². The van der Waals surface area contributed by atoms with Crippen molar-refractivity contribution in [2.45, 2.75) is 19.5 Å². The number of nitrogens with zero attached hydrogens (tertiary/aromatic N) is 1. The van der Waals surface area contributed by atoms with Gasteiger partial charge in [0.1, 0.15) is 0 Å². The summed E-state index contributed by atoms with van der Waals surface area (Å²) in [5, 5.41) is 2.82. The fraction of sp³-hybridized carbons (Fsp3) is 0.429. The molecule has 0 radical (unpaired) electrons. The maximum Gasteiger partial charge on any atom is 0.319 e. The summed E-state index contributed by atoms with van der Waals surface area (Å²) in [5.74, 6) is -0.577. The molecule has 1 unspecified atom stereocenters. The number of rotatable bonds is 6. The monoisotopic (exact) mass is 279 g/mol. The molecule has 1 rings (SSSR count). The van der Waals surface area contributed by atoms with Crippen molar-refractivity contribution in [1.29, 1.82) is 0 Å². The van der Waals surface area contributed by atoms with E-state index >= 15 is 0 Å². The number of ether oxygens (including phenoxy) is 1. The minimum atomic E-state index is -0.458. The number of para-hydroxylation sites is 1. The molecule has 0 heterocycles. The Morgan fingerprint density at radius 1 is 1.40 bits per heavy atom. The molecule has 110 valence electrons. The highest BCUT2D eigenvalue weighted by Gasteiger charge is 2.20. The van der Waals surface area contributed by atoms with Gasteiger partial charge in [0.2, 0.25) is 5.91 Å². The molecule has 1 aromatic rings. The van der Waals surface area contributed by atoms with E-state index in [9.17, 15) is 9.59 Å². The minimum absolute atomic E-state index is 0.0591. The van der Waals surface area contributed by atoms with Gasteiger partial charge >= 0.3 is 5.97 Å². The Hall–Kier alpha value is -1.92. The third kappa shape index (κ3) is 4.32. The Morgan fingerprint density at radius 2 is 2.05 bits per heavy atom. The molecule has 3 N–H and O–H groups in total. The molecular weight excluding hydrogens is 258 g/mol. The number of amides is 1. The normalized spacial score (nSPS) is 12.1. The number of benzene rings is 1. The van der Waals surface area contributed by atoms with Gasteiger partial charge in [-0.1, -0.05) is 18.2 Å². The Balaban J connectivity index is 2.68. The predicted molar refractivity (Wildman–Crippen MR) is 77.1 cm³/mol. The topological polar surface area (TPSA) is 84.7 Å². The zero-order valence-corrected chi connectivity index (χ0v) is 12.1. The highest BCUT2D eigenvalue weighted by Crippen LogP contribution is 2.14. The lowest BCUT2D eigenvalue weighted by molar-refractivity contribution is -0.142. The second-order valence-corrected chi connectivity index (χ2v) is 4.52. The number of nitrogens with two attached hydrogens (primary N) is 1. The molecule has 0 fully saturated rings. The second-order valence-electron chi connectivity index (χ2n) is 4.52. The van der Waals surface area contributed by atoms with Gasteiger partial charge in [0.15, 0.2) is 0 Å². The second kappa shape index (κ2) is 7.62. The number of carbonyl (C=O) groups is 2. The molecule has 1 amide bonds. The first kappa shape index (κ1) is 16.1. The van der Waals surface area contributed by atoms with Crippen LogP contribution in [0.3, 0.4) is 0 Å². The maximum atomic E-state index is 12.1. The van der Waals surface area contributed by atoms with Crippen molar-refractivity contribution in [1.82, 2.24) is 4.90 Å². The van der Waals surface area contributed by atoms with Crippen molar-refractivity contribution < 1.29 is 14.3 Å². The first-order valence-corrected chi connectivity index (χ1v) is 6.35. The van der Waals surface area contributed by atoms with Crippen LogP contribution in [0.25, 0.3) is 0 Å². The van der Waals surface area contributed by atoms with Crippen LogP contribution >= 0.6 is 0 Å². The number of hydrogen-bond donors (Lipinski definition) is 2. The van der Waals surface area contributed by atoms with Crippen molar-refractivity contribution in [2.24, 2.45) is 5.73 Å². The smallest absolute Gasteiger partial charge is 0.319 e. The number of anilines is 1. The summed E-state index contributed by atoms with van der Waals surface area (Å²) in [6.07, 6.45) is 0. The summed E-state index contributed by atoms with van der Waals surface area (Å²) in [7, 11) is 3.01. The zero-order chi connectivity index (χ0) is 15.1. The predicted octanol–water partition coefficient (Wildman–Crippen LogP) is 0.577. The molecule has 0 aliphatic heterocycles. The van der Waals surface area contributed by atoms with Crippen molar-refractivity contribution in [3.05, 3.63) is 29.8 Å². The van der Waals surface area contributed by atoms with Crippen LogP contribution in [0.5, 0.6) is 0 Å². The summed E-state index contributed by atoms with van der Waals surface area (Å²) in [5.41, 5.74) is 7.18. The van der Waals surface area contributed by atoms with Crippen molar-refractivity contribution in [3.8, 4) is 0 Å². The molecule has 0 aliphatic carbocycles. The summed E-state index contributed by atoms with van der Waals surface area (Å²) in [6.45, 7) is 2.13. The van der Waals surface area contributed by atoms with Gasteiger partial charge in [0.05, 0.1) is 19.7 Å². The Bertz CT molecular complexity index is 476. The number of hydrogen-bond acceptors (Lipinski definition) is 5. The van der Waals surface area contributed by atoms with E-state index in [1.165, 1.54) is 7.11 Å². The molecule has 0 aromatic heterocycles. The fourth-order valence-electron chi connectivity index (χ4n) is 1.66. The number of esters is 1. The van der Waals surface area contributed by atoms with Crippen LogP contribution in [0, 0.1) is 0 Å². The van der Waals surface area contributed by atoms with Crippen LogP contribution < -0.4 is 11.1 Å². The Kier molecular flexibility index (Phi) is 6.14. The van der Waals surface area contributed by atoms with Gasteiger partial charge in [-0.3, -0.25) is 14.5 Å². The van der Waals surface area contributed by atoms with Crippen molar-refractivity contribution in [3.63, 3.8) is 0 Å². The van der Waals surface area contributed by atoms with E-state index in [0.717, 1.165) is 5.56 Å². The molecule has 0 saturated heterocycles. The van der Waals surface area contributed by atoms with Crippen molar-refractivity contribution in [2.75, 3.05) is 26.0 Å². The number of nitrogens with one attached hydrogen (secondary N) is 1. The lowest BCUT2D eigenvalue weighted by Gasteiger charge is -2.23. The van der Waals surface area contributed by atoms with E-state index in [1.807, 2.05) is 18.2 Å². The van der Waals surface area contributed by atoms with E-state index in [0.29, 0.717) is 12.2 Å². The zero-order valence-electron chi connectivity index (χ0n) is 12.1. The van der Waals surface area contributed by atoms with Crippen LogP contribution in [-0.2, 0) is 20.9 Å². The first-order chi connectivity index (χ1) is 9.49. The minimum Gasteiger partial charge on any atom is -0.468 e. The van der Waals surface area contributed by atoms with Gasteiger partial charge in [0.25, 0.3) is 0 Å². The summed E-state index contributed by atoms with van der Waals surface area (Å²) < 4.78 is 4.58. The van der Waals surface area contributed by atoms with Gasteiger partial charge in [-0.2, -0.15) is 0 Å². The lowest BCUT2D eigenvalue weighted by Crippen LogP contribution is -2.42. The van der Waals surface area contributed by atoms with E-state index in [-0.39, 0.29) is 18.4 Å². The third-order valence-electron chi connectivity index (χ3n) is 3.14. The van der Waals surface area contributed by atoms with Crippen LogP contribution in [0.4, 0.5) is 5.69 Å². The van der Waals surface area contributed by atoms with E-state index in [2.05, 4.69) is 10.1 Å². The van der Waals surface area contributed by atoms with Crippen LogP contribution in [0.1, 0.15) is 12.5 Å². The fourth-order valence-corrected chi connectivity index (χ4v) is 1.66. The molecule has 1 atom stereocenters. The van der Waals surface area contributed by atoms with Gasteiger partial charge < -0.3 is 15.8 Å². The molecule has 0 bridgehead atoms. The first-order valence-electron chi connectivity index (χ1n) is 6.35. The van der Waals surface area contributed by atoms with Crippen LogP contribution in [0.15, 0.2) is 24.3 Å². The maximum absolute atomic E-state index is 12.1. The molecular formula is C14H21N3O3. The average molecular weight is 279 g/mol. The van der Waals surface area contributed by atoms with Crippen LogP contribution in [-0.4, -0.2) is 43.5 Å². The van der Waals surface area contributed by atoms with E-state index < -0.39 is 6.04 Å². The quantitative estimate of drug-likeness (QED) is 0.744. The number of likely N-dealkylation sites (N-methyl/N-ethyl adjacent to an activating group) is 1. The van der Waals surface area contributed by atoms with Crippen LogP contribution in [0.2, 0.25) is 0 Å². The standard InChI is InChI=1S/C14H21N3O3/c1-10(17(2)9-13(18)20-3)14(19)16-12-7-5-4-6-11(12)8-15/h4-7,10H,8-9,15H2,1-3H3,(H,16,19). The third-order valence-corrected chi connectivity index (χ3v) is 3.14. The number of methoxy groups -OCH3 is 1. The van der Waals surface area contributed by atoms with E-state index in [4.69, 9.17) is 5.73 Å². The van der Waals surface area contributed by atoms with Crippen molar-refractivity contribution >= 4 is 17.6 Å². The highest BCUT2D eigenvalue weighted by atomic mass is 16.5. The molecule has 20 heavy (non-hydrogen) atoms. The van der Waals surface area contributed by atoms with Gasteiger partial charge in [0, 0.05) is 12.2 Å². The van der Waals surface area contributed by atoms with Gasteiger partial charge in [-0.15, -0.1) is 0 Å². The molecule has 0 spiro atoms. The van der Waals surface area contributed by atoms with Gasteiger partial charge in [-0.25, -0.2) is 0 Å². The molecule has 1 aromatic carbocycles. The highest BCUT2D eigenvalue weighted by molar-refractivity contribution is 5.95. The largest absolute Gasteiger partial charge is 0.468 e. The molecule has 6 heteroatoms. The Morgan fingerprint density at radius 3 is 2.65 bits per heavy atom. The molecule has 0 aliphatic rings. The SMILES string of the molecule is COC(=O)CN(C)C(C)C(=O)Nc1ccccc1CN. The lowest BCUT2D eigenvalue weighted by atomic mass is 10.1. The summed E-state index contributed by atoms with van der Waals surface area (Å²) in [4.78, 5) is 25.0. The molecule has 6 nitrogen and oxygen atoms in total. The summed E-state index contributed by atoms with van der Waals surface area (Å²) in [6, 6.07) is 6.90. The molecule has 0 saturated carbocycles. The summed E-state index contributed by atoms with van der Waals surface area (Å²) >= 11 is 0. The average Bonchev–Trinajstić information content (AvgIpc) is 2.46. The van der Waals surface area contributed by atoms with Gasteiger partial charge in [-0.05, 0) is 25.6 Å². The Labute approximate surface area is 118 Å². The number of carbonyl (C=O) groups excluding carboxylic acids is 2.